The number of nitrogens with one attached hydrogen (secondary N) is 1. The molecular weight excluding hydrogens is 396 g/mol. The van der Waals surface area contributed by atoms with Crippen LogP contribution in [0.5, 0.6) is 5.75 Å². The van der Waals surface area contributed by atoms with Gasteiger partial charge in [-0.3, -0.25) is 4.79 Å². The fourth-order valence-electron chi connectivity index (χ4n) is 3.56. The van der Waals surface area contributed by atoms with E-state index in [1.165, 1.54) is 22.6 Å². The van der Waals surface area contributed by atoms with E-state index in [9.17, 15) is 4.79 Å². The van der Waals surface area contributed by atoms with Crippen LogP contribution in [0, 0.1) is 6.92 Å². The first kappa shape index (κ1) is 20.2. The van der Waals surface area contributed by atoms with Crippen molar-refractivity contribution in [3.63, 3.8) is 0 Å². The molecular formula is C23H26N4O2S. The molecule has 2 heterocycles. The molecule has 7 heteroatoms. The molecule has 1 aromatic heterocycles. The standard InChI is InChI=1S/C23H26N4O2S/c1-17-4-3-5-18(14-17)15-24-22(28)21-16-30-23(25-21)27-12-10-26(11-13-27)19-6-8-20(29-2)9-7-19/h3-9,14,16H,10-13,15H2,1-2H3,(H,24,28). The Morgan fingerprint density at radius 2 is 1.83 bits per heavy atom. The summed E-state index contributed by atoms with van der Waals surface area (Å²) in [4.78, 5) is 21.7. The maximum Gasteiger partial charge on any atom is 0.271 e. The lowest BCUT2D eigenvalue weighted by Gasteiger charge is -2.36. The lowest BCUT2D eigenvalue weighted by atomic mass is 10.1. The zero-order valence-corrected chi connectivity index (χ0v) is 18.1. The van der Waals surface area contributed by atoms with E-state index in [4.69, 9.17) is 4.74 Å². The first-order valence-electron chi connectivity index (χ1n) is 10.1. The maximum atomic E-state index is 12.5. The SMILES string of the molecule is COc1ccc(N2CCN(c3nc(C(=O)NCc4cccc(C)c4)cs3)CC2)cc1. The van der Waals surface area contributed by atoms with Gasteiger partial charge in [-0.1, -0.05) is 29.8 Å². The maximum absolute atomic E-state index is 12.5. The molecule has 0 atom stereocenters. The van der Waals surface area contributed by atoms with Gasteiger partial charge in [0.1, 0.15) is 11.4 Å². The van der Waals surface area contributed by atoms with Crippen molar-refractivity contribution in [1.29, 1.82) is 0 Å². The van der Waals surface area contributed by atoms with E-state index in [2.05, 4.69) is 38.3 Å². The summed E-state index contributed by atoms with van der Waals surface area (Å²) >= 11 is 1.53. The number of aryl methyl sites for hydroxylation is 1. The lowest BCUT2D eigenvalue weighted by Crippen LogP contribution is -2.46. The van der Waals surface area contributed by atoms with Crippen LogP contribution in [-0.4, -0.2) is 44.2 Å². The molecule has 1 fully saturated rings. The molecule has 0 spiro atoms. The Kier molecular flexibility index (Phi) is 6.18. The highest BCUT2D eigenvalue weighted by molar-refractivity contribution is 7.13. The van der Waals surface area contributed by atoms with Crippen molar-refractivity contribution >= 4 is 28.1 Å². The number of hydrogen-bond acceptors (Lipinski definition) is 6. The number of hydrogen-bond donors (Lipinski definition) is 1. The Hall–Kier alpha value is -3.06. The molecule has 1 amide bonds. The van der Waals surface area contributed by atoms with Crippen LogP contribution in [0.2, 0.25) is 0 Å². The Morgan fingerprint density at radius 1 is 1.10 bits per heavy atom. The van der Waals surface area contributed by atoms with Crippen LogP contribution in [0.4, 0.5) is 10.8 Å². The second-order valence-corrected chi connectivity index (χ2v) is 8.20. The highest BCUT2D eigenvalue weighted by Gasteiger charge is 2.21. The first-order valence-corrected chi connectivity index (χ1v) is 10.9. The van der Waals surface area contributed by atoms with E-state index in [1.807, 2.05) is 42.6 Å². The smallest absolute Gasteiger partial charge is 0.271 e. The van der Waals surface area contributed by atoms with Gasteiger partial charge in [0.15, 0.2) is 5.13 Å². The normalized spacial score (nSPS) is 13.9. The quantitative estimate of drug-likeness (QED) is 0.656. The third-order valence-corrected chi connectivity index (χ3v) is 6.15. The molecule has 0 bridgehead atoms. The van der Waals surface area contributed by atoms with Gasteiger partial charge in [0.2, 0.25) is 0 Å². The summed E-state index contributed by atoms with van der Waals surface area (Å²) in [5.41, 5.74) is 3.96. The van der Waals surface area contributed by atoms with Crippen LogP contribution >= 0.6 is 11.3 Å². The Bertz CT molecular complexity index is 994. The van der Waals surface area contributed by atoms with Gasteiger partial charge >= 0.3 is 0 Å². The van der Waals surface area contributed by atoms with E-state index < -0.39 is 0 Å². The van der Waals surface area contributed by atoms with Crippen molar-refractivity contribution in [3.8, 4) is 5.75 Å². The topological polar surface area (TPSA) is 57.7 Å². The third kappa shape index (κ3) is 4.74. The van der Waals surface area contributed by atoms with E-state index in [0.717, 1.165) is 42.6 Å². The summed E-state index contributed by atoms with van der Waals surface area (Å²) in [6.45, 7) is 6.15. The minimum atomic E-state index is -0.129. The Balaban J connectivity index is 1.31. The molecule has 6 nitrogen and oxygen atoms in total. The molecule has 0 saturated carbocycles. The molecule has 4 rings (SSSR count). The lowest BCUT2D eigenvalue weighted by molar-refractivity contribution is 0.0946. The number of anilines is 2. The molecule has 1 saturated heterocycles. The molecule has 1 aliphatic rings. The number of amides is 1. The van der Waals surface area contributed by atoms with Crippen molar-refractivity contribution in [2.45, 2.75) is 13.5 Å². The van der Waals surface area contributed by atoms with Crippen molar-refractivity contribution in [3.05, 3.63) is 70.7 Å². The van der Waals surface area contributed by atoms with Gasteiger partial charge in [-0.25, -0.2) is 4.98 Å². The Morgan fingerprint density at radius 3 is 2.53 bits per heavy atom. The highest BCUT2D eigenvalue weighted by atomic mass is 32.1. The van der Waals surface area contributed by atoms with Crippen LogP contribution in [0.1, 0.15) is 21.6 Å². The van der Waals surface area contributed by atoms with Crippen molar-refractivity contribution in [1.82, 2.24) is 10.3 Å². The summed E-state index contributed by atoms with van der Waals surface area (Å²) in [7, 11) is 1.68. The van der Waals surface area contributed by atoms with Crippen molar-refractivity contribution in [2.24, 2.45) is 0 Å². The van der Waals surface area contributed by atoms with Crippen molar-refractivity contribution in [2.75, 3.05) is 43.1 Å². The summed E-state index contributed by atoms with van der Waals surface area (Å²) in [5.74, 6) is 0.740. The number of rotatable bonds is 6. The monoisotopic (exact) mass is 422 g/mol. The molecule has 30 heavy (non-hydrogen) atoms. The minimum absolute atomic E-state index is 0.129. The van der Waals surface area contributed by atoms with E-state index in [-0.39, 0.29) is 5.91 Å². The van der Waals surface area contributed by atoms with Crippen LogP contribution in [-0.2, 0) is 6.54 Å². The second kappa shape index (κ2) is 9.17. The van der Waals surface area contributed by atoms with E-state index in [1.54, 1.807) is 7.11 Å². The molecule has 2 aromatic carbocycles. The largest absolute Gasteiger partial charge is 0.497 e. The van der Waals surface area contributed by atoms with Gasteiger partial charge in [-0.15, -0.1) is 11.3 Å². The predicted octanol–water partition coefficient (Wildman–Crippen LogP) is 3.72. The summed E-state index contributed by atoms with van der Waals surface area (Å²) in [5, 5.41) is 5.72. The number of piperazine rings is 1. The van der Waals surface area contributed by atoms with Gasteiger partial charge in [0.25, 0.3) is 5.91 Å². The molecule has 1 N–H and O–H groups in total. The number of carbonyl (C=O) groups is 1. The van der Waals surface area contributed by atoms with Crippen LogP contribution < -0.4 is 19.9 Å². The van der Waals surface area contributed by atoms with Gasteiger partial charge in [0.05, 0.1) is 7.11 Å². The number of methoxy groups -OCH3 is 1. The zero-order valence-electron chi connectivity index (χ0n) is 17.3. The molecule has 1 aliphatic heterocycles. The van der Waals surface area contributed by atoms with E-state index >= 15 is 0 Å². The summed E-state index contributed by atoms with van der Waals surface area (Å²) in [6, 6.07) is 16.3. The zero-order chi connectivity index (χ0) is 20.9. The van der Waals surface area contributed by atoms with Crippen LogP contribution in [0.3, 0.4) is 0 Å². The summed E-state index contributed by atoms with van der Waals surface area (Å²) < 4.78 is 5.23. The fourth-order valence-corrected chi connectivity index (χ4v) is 4.42. The third-order valence-electron chi connectivity index (χ3n) is 5.25. The molecule has 0 aliphatic carbocycles. The Labute approximate surface area is 181 Å². The number of aromatic nitrogens is 1. The molecule has 156 valence electrons. The number of thiazole rings is 1. The number of carbonyl (C=O) groups excluding carboxylic acids is 1. The predicted molar refractivity (Wildman–Crippen MR) is 122 cm³/mol. The number of nitrogens with zero attached hydrogens (tertiary/aromatic N) is 3. The highest BCUT2D eigenvalue weighted by Crippen LogP contribution is 2.25. The van der Waals surface area contributed by atoms with Gasteiger partial charge in [-0.05, 0) is 36.8 Å². The number of ether oxygens (including phenoxy) is 1. The molecule has 0 radical (unpaired) electrons. The van der Waals surface area contributed by atoms with Crippen LogP contribution in [0.15, 0.2) is 53.9 Å². The van der Waals surface area contributed by atoms with E-state index in [0.29, 0.717) is 12.2 Å². The van der Waals surface area contributed by atoms with Gasteiger partial charge < -0.3 is 19.9 Å². The fraction of sp³-hybridized carbons (Fsp3) is 0.304. The first-order chi connectivity index (χ1) is 14.6. The summed E-state index contributed by atoms with van der Waals surface area (Å²) in [6.07, 6.45) is 0. The average molecular weight is 423 g/mol. The van der Waals surface area contributed by atoms with Crippen molar-refractivity contribution < 1.29 is 9.53 Å². The molecule has 0 unspecified atom stereocenters. The van der Waals surface area contributed by atoms with Gasteiger partial charge in [0, 0.05) is 43.8 Å². The molecule has 3 aromatic rings. The van der Waals surface area contributed by atoms with Crippen LogP contribution in [0.25, 0.3) is 0 Å². The number of benzene rings is 2. The van der Waals surface area contributed by atoms with Gasteiger partial charge in [-0.2, -0.15) is 0 Å². The second-order valence-electron chi connectivity index (χ2n) is 7.36. The minimum Gasteiger partial charge on any atom is -0.497 e. The average Bonchev–Trinajstić information content (AvgIpc) is 3.28.